The summed E-state index contributed by atoms with van der Waals surface area (Å²) in [5, 5.41) is 4.03. The standard InChI is InChI=1S/C11H17N5O2.ClH/c1-8(12)11(18)15-3-4-16(10(17)7-15)9-5-13-14(2)6-9;/h5-6,8H,3-4,7,12H2,1-2H3;1H/t8-;/m0./s1. The Hall–Kier alpha value is -1.60. The van der Waals surface area contributed by atoms with Crippen LogP contribution in [0.3, 0.4) is 0 Å². The third-order valence-corrected chi connectivity index (χ3v) is 2.92. The van der Waals surface area contributed by atoms with Crippen molar-refractivity contribution >= 4 is 29.9 Å². The van der Waals surface area contributed by atoms with E-state index in [0.29, 0.717) is 13.1 Å². The lowest BCUT2D eigenvalue weighted by atomic mass is 10.2. The summed E-state index contributed by atoms with van der Waals surface area (Å²) in [6, 6.07) is -0.567. The number of carbonyl (C=O) groups is 2. The van der Waals surface area contributed by atoms with E-state index in [1.54, 1.807) is 35.9 Å². The quantitative estimate of drug-likeness (QED) is 0.784. The Labute approximate surface area is 117 Å². The number of anilines is 1. The molecule has 2 N–H and O–H groups in total. The van der Waals surface area contributed by atoms with Crippen LogP contribution >= 0.6 is 12.4 Å². The zero-order valence-corrected chi connectivity index (χ0v) is 11.8. The van der Waals surface area contributed by atoms with Crippen LogP contribution in [0, 0.1) is 0 Å². The van der Waals surface area contributed by atoms with E-state index in [-0.39, 0.29) is 30.8 Å². The molecule has 1 aromatic heterocycles. The average molecular weight is 288 g/mol. The lowest BCUT2D eigenvalue weighted by Crippen LogP contribution is -2.55. The number of hydrogen-bond donors (Lipinski definition) is 1. The van der Waals surface area contributed by atoms with E-state index in [0.717, 1.165) is 5.69 Å². The van der Waals surface area contributed by atoms with Crippen molar-refractivity contribution in [2.75, 3.05) is 24.5 Å². The number of amides is 2. The van der Waals surface area contributed by atoms with Gasteiger partial charge in [0.2, 0.25) is 11.8 Å². The number of nitrogens with two attached hydrogens (primary N) is 1. The summed E-state index contributed by atoms with van der Waals surface area (Å²) < 4.78 is 1.64. The van der Waals surface area contributed by atoms with Gasteiger partial charge in [0.05, 0.1) is 17.9 Å². The Kier molecular flexibility index (Phi) is 4.90. The summed E-state index contributed by atoms with van der Waals surface area (Å²) in [4.78, 5) is 26.8. The molecule has 0 spiro atoms. The smallest absolute Gasteiger partial charge is 0.246 e. The number of aromatic nitrogens is 2. The minimum Gasteiger partial charge on any atom is -0.330 e. The molecule has 1 aliphatic rings. The minimum absolute atomic E-state index is 0. The highest BCUT2D eigenvalue weighted by Crippen LogP contribution is 2.16. The van der Waals surface area contributed by atoms with E-state index in [2.05, 4.69) is 5.10 Å². The van der Waals surface area contributed by atoms with Crippen LogP contribution in [-0.2, 0) is 16.6 Å². The highest BCUT2D eigenvalue weighted by Gasteiger charge is 2.29. The van der Waals surface area contributed by atoms with Gasteiger partial charge in [-0.25, -0.2) is 0 Å². The maximum absolute atomic E-state index is 12.0. The third-order valence-electron chi connectivity index (χ3n) is 2.92. The Morgan fingerprint density at radius 1 is 1.47 bits per heavy atom. The largest absolute Gasteiger partial charge is 0.330 e. The zero-order chi connectivity index (χ0) is 13.3. The van der Waals surface area contributed by atoms with Gasteiger partial charge in [-0.15, -0.1) is 12.4 Å². The Morgan fingerprint density at radius 2 is 2.16 bits per heavy atom. The number of piperazine rings is 1. The van der Waals surface area contributed by atoms with Crippen molar-refractivity contribution in [3.05, 3.63) is 12.4 Å². The molecule has 1 aliphatic heterocycles. The lowest BCUT2D eigenvalue weighted by molar-refractivity contribution is -0.137. The van der Waals surface area contributed by atoms with E-state index < -0.39 is 6.04 Å². The third kappa shape index (κ3) is 3.24. The first-order valence-electron chi connectivity index (χ1n) is 5.82. The van der Waals surface area contributed by atoms with Crippen LogP contribution in [0.25, 0.3) is 0 Å². The first-order valence-corrected chi connectivity index (χ1v) is 5.82. The van der Waals surface area contributed by atoms with E-state index in [1.165, 1.54) is 4.90 Å². The molecule has 2 amide bonds. The van der Waals surface area contributed by atoms with Crippen LogP contribution in [0.4, 0.5) is 5.69 Å². The molecule has 1 atom stereocenters. The van der Waals surface area contributed by atoms with E-state index >= 15 is 0 Å². The molecule has 2 heterocycles. The fraction of sp³-hybridized carbons (Fsp3) is 0.545. The Morgan fingerprint density at radius 3 is 2.63 bits per heavy atom. The first kappa shape index (κ1) is 15.5. The lowest BCUT2D eigenvalue weighted by Gasteiger charge is -2.34. The van der Waals surface area contributed by atoms with Crippen molar-refractivity contribution in [1.29, 1.82) is 0 Å². The second-order valence-electron chi connectivity index (χ2n) is 4.47. The van der Waals surface area contributed by atoms with Crippen molar-refractivity contribution in [3.8, 4) is 0 Å². The minimum atomic E-state index is -0.567. The van der Waals surface area contributed by atoms with Crippen molar-refractivity contribution in [3.63, 3.8) is 0 Å². The predicted octanol–water partition coefficient (Wildman–Crippen LogP) is -0.636. The maximum atomic E-state index is 12.0. The van der Waals surface area contributed by atoms with Crippen molar-refractivity contribution in [1.82, 2.24) is 14.7 Å². The normalized spacial score (nSPS) is 17.1. The molecule has 0 aliphatic carbocycles. The molecule has 0 radical (unpaired) electrons. The van der Waals surface area contributed by atoms with Crippen LogP contribution in [0.2, 0.25) is 0 Å². The molecule has 1 fully saturated rings. The van der Waals surface area contributed by atoms with Gasteiger partial charge >= 0.3 is 0 Å². The van der Waals surface area contributed by atoms with E-state index in [1.807, 2.05) is 0 Å². The maximum Gasteiger partial charge on any atom is 0.246 e. The van der Waals surface area contributed by atoms with Gasteiger partial charge in [-0.05, 0) is 6.92 Å². The van der Waals surface area contributed by atoms with Gasteiger partial charge in [0.15, 0.2) is 0 Å². The molecule has 106 valence electrons. The number of hydrogen-bond acceptors (Lipinski definition) is 4. The number of rotatable bonds is 2. The SMILES string of the molecule is C[C@H](N)C(=O)N1CCN(c2cnn(C)c2)C(=O)C1.Cl. The first-order chi connectivity index (χ1) is 8.49. The summed E-state index contributed by atoms with van der Waals surface area (Å²) >= 11 is 0. The molecule has 2 rings (SSSR count). The molecule has 0 unspecified atom stereocenters. The van der Waals surface area contributed by atoms with Crippen LogP contribution in [-0.4, -0.2) is 52.2 Å². The fourth-order valence-corrected chi connectivity index (χ4v) is 1.97. The number of halogens is 1. The van der Waals surface area contributed by atoms with Crippen molar-refractivity contribution in [2.24, 2.45) is 12.8 Å². The van der Waals surface area contributed by atoms with Crippen LogP contribution < -0.4 is 10.6 Å². The second kappa shape index (κ2) is 6.03. The Balaban J connectivity index is 0.00000180. The number of aryl methyl sites for hydroxylation is 1. The molecule has 1 aromatic rings. The van der Waals surface area contributed by atoms with Gasteiger partial charge in [-0.2, -0.15) is 5.10 Å². The second-order valence-corrected chi connectivity index (χ2v) is 4.47. The molecule has 0 bridgehead atoms. The molecule has 7 nitrogen and oxygen atoms in total. The topological polar surface area (TPSA) is 84.5 Å². The van der Waals surface area contributed by atoms with Gasteiger partial charge < -0.3 is 15.5 Å². The molecule has 19 heavy (non-hydrogen) atoms. The highest BCUT2D eigenvalue weighted by molar-refractivity contribution is 5.98. The van der Waals surface area contributed by atoms with Crippen molar-refractivity contribution in [2.45, 2.75) is 13.0 Å². The van der Waals surface area contributed by atoms with Crippen molar-refractivity contribution < 1.29 is 9.59 Å². The summed E-state index contributed by atoms with van der Waals surface area (Å²) in [5.74, 6) is -0.294. The molecular formula is C11H18ClN5O2. The fourth-order valence-electron chi connectivity index (χ4n) is 1.97. The monoisotopic (exact) mass is 287 g/mol. The van der Waals surface area contributed by atoms with Crippen LogP contribution in [0.15, 0.2) is 12.4 Å². The summed E-state index contributed by atoms with van der Waals surface area (Å²) in [7, 11) is 1.80. The molecule has 8 heteroatoms. The molecule has 0 saturated carbocycles. The van der Waals surface area contributed by atoms with Gasteiger partial charge in [-0.3, -0.25) is 14.3 Å². The van der Waals surface area contributed by atoms with E-state index in [4.69, 9.17) is 5.73 Å². The van der Waals surface area contributed by atoms with E-state index in [9.17, 15) is 9.59 Å². The predicted molar refractivity (Wildman–Crippen MR) is 73.0 cm³/mol. The number of nitrogens with zero attached hydrogens (tertiary/aromatic N) is 4. The zero-order valence-electron chi connectivity index (χ0n) is 10.9. The summed E-state index contributed by atoms with van der Waals surface area (Å²) in [6.07, 6.45) is 3.42. The van der Waals surface area contributed by atoms with Gasteiger partial charge in [0.1, 0.15) is 6.54 Å². The summed E-state index contributed by atoms with van der Waals surface area (Å²) in [6.45, 7) is 2.68. The summed E-state index contributed by atoms with van der Waals surface area (Å²) in [5.41, 5.74) is 6.29. The number of carbonyl (C=O) groups excluding carboxylic acids is 2. The Bertz CT molecular complexity index is 473. The van der Waals surface area contributed by atoms with Crippen LogP contribution in [0.1, 0.15) is 6.92 Å². The molecule has 0 aromatic carbocycles. The molecule has 1 saturated heterocycles. The van der Waals surface area contributed by atoms with Crippen LogP contribution in [0.5, 0.6) is 0 Å². The molecular weight excluding hydrogens is 270 g/mol. The highest BCUT2D eigenvalue weighted by atomic mass is 35.5. The van der Waals surface area contributed by atoms with Gasteiger partial charge in [0.25, 0.3) is 0 Å². The van der Waals surface area contributed by atoms with Gasteiger partial charge in [0, 0.05) is 26.3 Å². The average Bonchev–Trinajstić information content (AvgIpc) is 2.74. The van der Waals surface area contributed by atoms with Gasteiger partial charge in [-0.1, -0.05) is 0 Å².